The number of rotatable bonds is 11. The Balaban J connectivity index is 1.75. The van der Waals surface area contributed by atoms with Crippen molar-refractivity contribution in [1.82, 2.24) is 9.88 Å². The van der Waals surface area contributed by atoms with Crippen LogP contribution in [0.2, 0.25) is 5.02 Å². The van der Waals surface area contributed by atoms with Crippen LogP contribution in [0.25, 0.3) is 23.1 Å². The van der Waals surface area contributed by atoms with Crippen molar-refractivity contribution in [3.63, 3.8) is 0 Å². The lowest BCUT2D eigenvalue weighted by Gasteiger charge is -2.18. The van der Waals surface area contributed by atoms with Crippen molar-refractivity contribution in [2.24, 2.45) is 0 Å². The molecule has 0 fully saturated rings. The number of carboxylic acids is 1. The highest BCUT2D eigenvalue weighted by Crippen LogP contribution is 2.40. The fraction of sp³-hybridized carbons (Fsp3) is 0.269. The third-order valence-corrected chi connectivity index (χ3v) is 7.81. The number of benzene rings is 2. The number of aliphatic carboxylic acids is 1. The van der Waals surface area contributed by atoms with Gasteiger partial charge in [-0.3, -0.25) is 9.59 Å². The summed E-state index contributed by atoms with van der Waals surface area (Å²) in [5.74, 6) is -1.46. The largest absolute Gasteiger partial charge is 0.481 e. The molecule has 0 spiro atoms. The Morgan fingerprint density at radius 2 is 1.85 bits per heavy atom. The van der Waals surface area contributed by atoms with Crippen molar-refractivity contribution < 1.29 is 22.9 Å². The van der Waals surface area contributed by atoms with Gasteiger partial charge in [-0.2, -0.15) is 0 Å². The van der Waals surface area contributed by atoms with E-state index in [1.807, 2.05) is 60.7 Å². The molecule has 1 atom stereocenters. The smallest absolute Gasteiger partial charge is 0.304 e. The number of pyridine rings is 1. The molecule has 0 bridgehead atoms. The summed E-state index contributed by atoms with van der Waals surface area (Å²) in [6.07, 6.45) is 3.43. The SMILES string of the molecule is [2H]C([2H])([2H])N(C(=O)CCSC(SCCC(=O)O)c1cccc(C=Cc2ccc3ccc(Cl)cc3n2)c1)C([2H])([2H])[2H]. The van der Waals surface area contributed by atoms with Crippen molar-refractivity contribution in [3.8, 4) is 0 Å². The Hall–Kier alpha value is -2.48. The minimum atomic E-state index is -3.09. The first kappa shape index (κ1) is 18.8. The summed E-state index contributed by atoms with van der Waals surface area (Å²) in [6, 6.07) is 17.0. The molecule has 5 nitrogen and oxygen atoms in total. The third kappa shape index (κ3) is 8.08. The second-order valence-electron chi connectivity index (χ2n) is 7.27. The monoisotopic (exact) mass is 520 g/mol. The number of fused-ring (bicyclic) bond motifs is 1. The molecule has 8 heteroatoms. The molecule has 178 valence electrons. The summed E-state index contributed by atoms with van der Waals surface area (Å²) in [7, 11) is 0. The van der Waals surface area contributed by atoms with Crippen molar-refractivity contribution in [3.05, 3.63) is 76.4 Å². The Kier molecular flexibility index (Phi) is 7.10. The second kappa shape index (κ2) is 12.8. The van der Waals surface area contributed by atoms with Crippen LogP contribution >= 0.6 is 35.1 Å². The van der Waals surface area contributed by atoms with E-state index in [4.69, 9.17) is 24.9 Å². The van der Waals surface area contributed by atoms with E-state index in [1.54, 1.807) is 6.07 Å². The lowest BCUT2D eigenvalue weighted by Crippen LogP contribution is -2.21. The highest BCUT2D eigenvalue weighted by Gasteiger charge is 2.15. The summed E-state index contributed by atoms with van der Waals surface area (Å²) < 4.78 is 44.3. The minimum absolute atomic E-state index is 0.0344. The molecule has 1 heterocycles. The number of carbonyl (C=O) groups excluding carboxylic acids is 1. The number of thioether (sulfide) groups is 2. The van der Waals surface area contributed by atoms with Crippen molar-refractivity contribution in [2.75, 3.05) is 25.5 Å². The molecule has 1 N–H and O–H groups in total. The van der Waals surface area contributed by atoms with Gasteiger partial charge in [0.05, 0.1) is 22.2 Å². The van der Waals surface area contributed by atoms with E-state index < -0.39 is 25.8 Å². The maximum absolute atomic E-state index is 12.5. The number of hydrogen-bond donors (Lipinski definition) is 1. The Morgan fingerprint density at radius 1 is 1.09 bits per heavy atom. The van der Waals surface area contributed by atoms with E-state index in [-0.39, 0.29) is 28.1 Å². The Morgan fingerprint density at radius 3 is 2.62 bits per heavy atom. The van der Waals surface area contributed by atoms with Gasteiger partial charge in [0.2, 0.25) is 5.91 Å². The maximum atomic E-state index is 12.5. The molecule has 3 rings (SSSR count). The number of carbonyl (C=O) groups is 2. The zero-order chi connectivity index (χ0) is 29.5. The van der Waals surface area contributed by atoms with Gasteiger partial charge in [0.25, 0.3) is 0 Å². The lowest BCUT2D eigenvalue weighted by molar-refractivity contribution is -0.136. The molecule has 1 amide bonds. The molecule has 1 aromatic heterocycles. The Labute approximate surface area is 222 Å². The normalized spacial score (nSPS) is 15.6. The van der Waals surface area contributed by atoms with Crippen LogP contribution in [0.5, 0.6) is 0 Å². The zero-order valence-electron chi connectivity index (χ0n) is 24.1. The van der Waals surface area contributed by atoms with Gasteiger partial charge in [-0.25, -0.2) is 4.98 Å². The van der Waals surface area contributed by atoms with Gasteiger partial charge in [0, 0.05) is 50.5 Å². The third-order valence-electron chi connectivity index (χ3n) is 4.72. The summed E-state index contributed by atoms with van der Waals surface area (Å²) in [5, 5.41) is 10.6. The van der Waals surface area contributed by atoms with Crippen LogP contribution in [0.4, 0.5) is 0 Å². The number of amides is 1. The molecule has 3 aromatic rings. The summed E-state index contributed by atoms with van der Waals surface area (Å²) >= 11 is 8.80. The average Bonchev–Trinajstić information content (AvgIpc) is 2.84. The van der Waals surface area contributed by atoms with Crippen LogP contribution in [0.3, 0.4) is 0 Å². The molecule has 0 saturated heterocycles. The number of aromatic nitrogens is 1. The molecular formula is C26H27ClN2O3S2. The summed E-state index contributed by atoms with van der Waals surface area (Å²) in [5.41, 5.74) is 3.27. The highest BCUT2D eigenvalue weighted by atomic mass is 35.5. The molecule has 2 aromatic carbocycles. The number of hydrogen-bond acceptors (Lipinski definition) is 5. The van der Waals surface area contributed by atoms with Crippen molar-refractivity contribution in [1.29, 1.82) is 0 Å². The van der Waals surface area contributed by atoms with Crippen molar-refractivity contribution >= 4 is 70.1 Å². The molecule has 1 unspecified atom stereocenters. The van der Waals surface area contributed by atoms with E-state index in [0.717, 1.165) is 27.7 Å². The van der Waals surface area contributed by atoms with Crippen LogP contribution in [-0.2, 0) is 9.59 Å². The van der Waals surface area contributed by atoms with Crippen LogP contribution in [0.15, 0.2) is 54.6 Å². The minimum Gasteiger partial charge on any atom is -0.481 e. The fourth-order valence-electron chi connectivity index (χ4n) is 3.05. The summed E-state index contributed by atoms with van der Waals surface area (Å²) in [6.45, 7) is -6.18. The topological polar surface area (TPSA) is 70.5 Å². The molecule has 34 heavy (non-hydrogen) atoms. The molecule has 0 aliphatic heterocycles. The second-order valence-corrected chi connectivity index (χ2v) is 10.4. The van der Waals surface area contributed by atoms with E-state index >= 15 is 0 Å². The van der Waals surface area contributed by atoms with Crippen LogP contribution in [-0.4, -0.2) is 52.3 Å². The van der Waals surface area contributed by atoms with E-state index in [9.17, 15) is 9.59 Å². The van der Waals surface area contributed by atoms with E-state index in [1.165, 1.54) is 23.5 Å². The summed E-state index contributed by atoms with van der Waals surface area (Å²) in [4.78, 5) is 28.2. The molecule has 0 aliphatic carbocycles. The van der Waals surface area contributed by atoms with Crippen LogP contribution < -0.4 is 0 Å². The molecule has 0 aliphatic rings. The predicted molar refractivity (Wildman–Crippen MR) is 145 cm³/mol. The zero-order valence-corrected chi connectivity index (χ0v) is 20.5. The maximum Gasteiger partial charge on any atom is 0.304 e. The van der Waals surface area contributed by atoms with E-state index in [2.05, 4.69) is 4.98 Å². The van der Waals surface area contributed by atoms with Gasteiger partial charge in [-0.05, 0) is 41.5 Å². The number of carboxylic acid groups (broad SMARTS) is 1. The van der Waals surface area contributed by atoms with Gasteiger partial charge < -0.3 is 10.0 Å². The quantitative estimate of drug-likeness (QED) is 0.292. The van der Waals surface area contributed by atoms with Gasteiger partial charge in [0.1, 0.15) is 0 Å². The first-order valence-electron chi connectivity index (χ1n) is 13.4. The first-order valence-corrected chi connectivity index (χ1v) is 12.8. The first-order chi connectivity index (χ1) is 18.7. The van der Waals surface area contributed by atoms with Crippen molar-refractivity contribution in [2.45, 2.75) is 17.4 Å². The number of nitrogens with zero attached hydrogens (tertiary/aromatic N) is 2. The van der Waals surface area contributed by atoms with Gasteiger partial charge in [-0.15, -0.1) is 23.5 Å². The van der Waals surface area contributed by atoms with Crippen LogP contribution in [0, 0.1) is 0 Å². The predicted octanol–water partition coefficient (Wildman–Crippen LogP) is 6.48. The van der Waals surface area contributed by atoms with Gasteiger partial charge >= 0.3 is 5.97 Å². The molecule has 0 radical (unpaired) electrons. The molecular weight excluding hydrogens is 488 g/mol. The highest BCUT2D eigenvalue weighted by molar-refractivity contribution is 8.16. The lowest BCUT2D eigenvalue weighted by atomic mass is 10.1. The standard InChI is InChI=1S/C26H27ClN2O3S2/c1-29(2)24(30)12-14-33-26(34-15-13-25(31)32)20-5-3-4-18(16-20)6-10-22-11-8-19-7-9-21(27)17-23(19)28-22/h3-11,16-17,26H,12-15H2,1-2H3,(H,31,32)/i1D3,2D3. The van der Waals surface area contributed by atoms with Gasteiger partial charge in [0.15, 0.2) is 0 Å². The Bertz CT molecular complexity index is 1370. The molecule has 0 saturated carbocycles. The average molecular weight is 521 g/mol. The van der Waals surface area contributed by atoms with Gasteiger partial charge in [-0.1, -0.05) is 48.0 Å². The number of halogens is 1. The van der Waals surface area contributed by atoms with Crippen LogP contribution in [0.1, 0.15) is 42.5 Å². The fourth-order valence-corrected chi connectivity index (χ4v) is 5.87. The van der Waals surface area contributed by atoms with E-state index in [0.29, 0.717) is 10.8 Å².